The number of nitrogens with two attached hydrogens (primary N) is 1. The lowest BCUT2D eigenvalue weighted by Crippen LogP contribution is -1.89. The van der Waals surface area contributed by atoms with E-state index in [2.05, 4.69) is 5.10 Å². The van der Waals surface area contributed by atoms with E-state index in [1.165, 1.54) is 12.3 Å². The number of rotatable bonds is 1. The molecule has 2 N–H and O–H groups in total. The number of hydrogen-bond donors (Lipinski definition) is 1. The lowest BCUT2D eigenvalue weighted by Gasteiger charge is -1.92. The van der Waals surface area contributed by atoms with Crippen LogP contribution in [0.15, 0.2) is 23.3 Å². The minimum atomic E-state index is -0.901. The van der Waals surface area contributed by atoms with Gasteiger partial charge >= 0.3 is 0 Å². The maximum Gasteiger partial charge on any atom is 0.159 e. The van der Waals surface area contributed by atoms with Gasteiger partial charge < -0.3 is 5.84 Å². The normalized spacial score (nSPS) is 10.7. The molecule has 0 atom stereocenters. The van der Waals surface area contributed by atoms with E-state index in [-0.39, 0.29) is 0 Å². The molecule has 11 heavy (non-hydrogen) atoms. The Balaban J connectivity index is 3.05. The molecular weight excluding hydrogens is 150 g/mol. The average Bonchev–Trinajstić information content (AvgIpc) is 1.98. The van der Waals surface area contributed by atoms with Gasteiger partial charge in [-0.3, -0.25) is 0 Å². The predicted molar refractivity (Wildman–Crippen MR) is 38.1 cm³/mol. The smallest absolute Gasteiger partial charge is 0.159 e. The van der Waals surface area contributed by atoms with E-state index in [1.54, 1.807) is 0 Å². The van der Waals surface area contributed by atoms with E-state index < -0.39 is 11.6 Å². The number of hydrazone groups is 1. The van der Waals surface area contributed by atoms with Crippen LogP contribution < -0.4 is 5.84 Å². The highest BCUT2D eigenvalue weighted by Gasteiger charge is 1.99. The Kier molecular flexibility index (Phi) is 2.15. The number of halogens is 2. The first-order chi connectivity index (χ1) is 5.24. The summed E-state index contributed by atoms with van der Waals surface area (Å²) in [4.78, 5) is 0. The minimum Gasteiger partial charge on any atom is -0.323 e. The van der Waals surface area contributed by atoms with Crippen LogP contribution >= 0.6 is 0 Å². The van der Waals surface area contributed by atoms with Crippen LogP contribution in [-0.2, 0) is 0 Å². The van der Waals surface area contributed by atoms with Crippen LogP contribution in [0.5, 0.6) is 0 Å². The van der Waals surface area contributed by atoms with Gasteiger partial charge in [0.15, 0.2) is 11.6 Å². The summed E-state index contributed by atoms with van der Waals surface area (Å²) in [6.45, 7) is 0. The highest BCUT2D eigenvalue weighted by Crippen LogP contribution is 2.06. The molecule has 2 nitrogen and oxygen atoms in total. The first kappa shape index (κ1) is 7.65. The van der Waals surface area contributed by atoms with Crippen molar-refractivity contribution in [1.29, 1.82) is 0 Å². The van der Waals surface area contributed by atoms with E-state index in [1.807, 2.05) is 0 Å². The van der Waals surface area contributed by atoms with E-state index >= 15 is 0 Å². The average molecular weight is 156 g/mol. The van der Waals surface area contributed by atoms with Crippen molar-refractivity contribution in [2.45, 2.75) is 0 Å². The Morgan fingerprint density at radius 3 is 2.55 bits per heavy atom. The minimum absolute atomic E-state index is 0.436. The van der Waals surface area contributed by atoms with E-state index in [9.17, 15) is 8.78 Å². The second-order valence-electron chi connectivity index (χ2n) is 1.95. The molecule has 0 spiro atoms. The van der Waals surface area contributed by atoms with Gasteiger partial charge in [0.2, 0.25) is 0 Å². The molecule has 0 aromatic heterocycles. The second kappa shape index (κ2) is 3.09. The van der Waals surface area contributed by atoms with Gasteiger partial charge in [-0.05, 0) is 17.7 Å². The van der Waals surface area contributed by atoms with Crippen molar-refractivity contribution >= 4 is 6.21 Å². The largest absolute Gasteiger partial charge is 0.323 e. The Morgan fingerprint density at radius 1 is 1.27 bits per heavy atom. The van der Waals surface area contributed by atoms with Crippen LogP contribution in [0.2, 0.25) is 0 Å². The van der Waals surface area contributed by atoms with Crippen molar-refractivity contribution in [2.24, 2.45) is 10.9 Å². The summed E-state index contributed by atoms with van der Waals surface area (Å²) in [5.41, 5.74) is 0.436. The van der Waals surface area contributed by atoms with Crippen molar-refractivity contribution in [3.8, 4) is 0 Å². The van der Waals surface area contributed by atoms with E-state index in [0.29, 0.717) is 5.56 Å². The third kappa shape index (κ3) is 1.73. The Morgan fingerprint density at radius 2 is 2.00 bits per heavy atom. The molecule has 0 saturated heterocycles. The maximum absolute atomic E-state index is 12.4. The first-order valence-corrected chi connectivity index (χ1v) is 2.92. The van der Waals surface area contributed by atoms with Crippen molar-refractivity contribution in [1.82, 2.24) is 0 Å². The molecule has 0 radical (unpaired) electrons. The molecule has 1 aromatic carbocycles. The van der Waals surface area contributed by atoms with Crippen molar-refractivity contribution in [3.05, 3.63) is 35.4 Å². The van der Waals surface area contributed by atoms with Crippen molar-refractivity contribution in [3.63, 3.8) is 0 Å². The van der Waals surface area contributed by atoms with Gasteiger partial charge in [0.05, 0.1) is 6.21 Å². The van der Waals surface area contributed by atoms with Gasteiger partial charge in [-0.15, -0.1) is 0 Å². The Hall–Kier alpha value is -1.45. The summed E-state index contributed by atoms with van der Waals surface area (Å²) in [6, 6.07) is 3.42. The van der Waals surface area contributed by atoms with Gasteiger partial charge in [-0.1, -0.05) is 6.07 Å². The van der Waals surface area contributed by atoms with Crippen molar-refractivity contribution in [2.75, 3.05) is 0 Å². The van der Waals surface area contributed by atoms with Gasteiger partial charge in [0.25, 0.3) is 0 Å². The lowest BCUT2D eigenvalue weighted by atomic mass is 10.2. The molecule has 0 aliphatic heterocycles. The van der Waals surface area contributed by atoms with Crippen LogP contribution in [0.3, 0.4) is 0 Å². The Bertz CT molecular complexity index is 284. The molecule has 0 unspecified atom stereocenters. The topological polar surface area (TPSA) is 38.4 Å². The molecular formula is C7H6F2N2. The first-order valence-electron chi connectivity index (χ1n) is 2.92. The van der Waals surface area contributed by atoms with Gasteiger partial charge in [0.1, 0.15) is 0 Å². The van der Waals surface area contributed by atoms with Crippen molar-refractivity contribution < 1.29 is 8.78 Å². The summed E-state index contributed by atoms with van der Waals surface area (Å²) < 4.78 is 24.7. The molecule has 0 amide bonds. The maximum atomic E-state index is 12.4. The zero-order valence-corrected chi connectivity index (χ0v) is 5.59. The van der Waals surface area contributed by atoms with Crippen LogP contribution in [0, 0.1) is 11.6 Å². The summed E-state index contributed by atoms with van der Waals surface area (Å²) >= 11 is 0. The van der Waals surface area contributed by atoms with E-state index in [0.717, 1.165) is 12.1 Å². The molecule has 1 aromatic rings. The highest BCUT2D eigenvalue weighted by atomic mass is 19.2. The Labute approximate surface area is 62.3 Å². The summed E-state index contributed by atoms with van der Waals surface area (Å²) in [5.74, 6) is 3.03. The fourth-order valence-corrected chi connectivity index (χ4v) is 0.679. The van der Waals surface area contributed by atoms with Crippen LogP contribution in [0.4, 0.5) is 8.78 Å². The fourth-order valence-electron chi connectivity index (χ4n) is 0.679. The SMILES string of the molecule is N/N=C\c1ccc(F)c(F)c1. The standard InChI is InChI=1S/C7H6F2N2/c8-6-2-1-5(4-11-10)3-7(6)9/h1-4H,10H2/b11-4-. The molecule has 0 aliphatic rings. The van der Waals surface area contributed by atoms with Crippen LogP contribution in [0.25, 0.3) is 0 Å². The van der Waals surface area contributed by atoms with Gasteiger partial charge in [-0.25, -0.2) is 8.78 Å². The molecule has 4 heteroatoms. The number of hydrogen-bond acceptors (Lipinski definition) is 2. The second-order valence-corrected chi connectivity index (χ2v) is 1.95. The summed E-state index contributed by atoms with van der Waals surface area (Å²) in [6.07, 6.45) is 1.24. The molecule has 0 fully saturated rings. The third-order valence-electron chi connectivity index (χ3n) is 1.17. The monoisotopic (exact) mass is 156 g/mol. The molecule has 0 saturated carbocycles. The molecule has 0 heterocycles. The van der Waals surface area contributed by atoms with Crippen LogP contribution in [-0.4, -0.2) is 6.21 Å². The predicted octanol–water partition coefficient (Wildman–Crippen LogP) is 1.26. The zero-order chi connectivity index (χ0) is 8.27. The lowest BCUT2D eigenvalue weighted by molar-refractivity contribution is 0.508. The quantitative estimate of drug-likeness (QED) is 0.371. The zero-order valence-electron chi connectivity index (χ0n) is 5.59. The fraction of sp³-hybridized carbons (Fsp3) is 0. The summed E-state index contributed by atoms with van der Waals surface area (Å²) in [5, 5.41) is 3.16. The van der Waals surface area contributed by atoms with Gasteiger partial charge in [-0.2, -0.15) is 5.10 Å². The van der Waals surface area contributed by atoms with Crippen LogP contribution in [0.1, 0.15) is 5.56 Å². The molecule has 0 aliphatic carbocycles. The number of nitrogens with zero attached hydrogens (tertiary/aromatic N) is 1. The number of benzene rings is 1. The van der Waals surface area contributed by atoms with Gasteiger partial charge in [0, 0.05) is 0 Å². The van der Waals surface area contributed by atoms with E-state index in [4.69, 9.17) is 5.84 Å². The molecule has 1 rings (SSSR count). The molecule has 0 bridgehead atoms. The summed E-state index contributed by atoms with van der Waals surface area (Å²) in [7, 11) is 0. The highest BCUT2D eigenvalue weighted by molar-refractivity contribution is 5.79. The molecule has 58 valence electrons. The third-order valence-corrected chi connectivity index (χ3v) is 1.17.